The van der Waals surface area contributed by atoms with E-state index >= 15 is 0 Å². The summed E-state index contributed by atoms with van der Waals surface area (Å²) in [7, 11) is 0. The van der Waals surface area contributed by atoms with Gasteiger partial charge >= 0.3 is 6.09 Å². The maximum absolute atomic E-state index is 12.4. The number of aryl methyl sites for hydroxylation is 1. The van der Waals surface area contributed by atoms with Crippen molar-refractivity contribution < 1.29 is 14.3 Å². The van der Waals surface area contributed by atoms with Gasteiger partial charge in [0.1, 0.15) is 5.60 Å². The van der Waals surface area contributed by atoms with Gasteiger partial charge in [-0.25, -0.2) is 4.79 Å². The van der Waals surface area contributed by atoms with Gasteiger partial charge in [0.25, 0.3) is 0 Å². The first kappa shape index (κ1) is 24.7. The first-order valence-electron chi connectivity index (χ1n) is 13.8. The van der Waals surface area contributed by atoms with Crippen molar-refractivity contribution in [3.63, 3.8) is 0 Å². The minimum absolute atomic E-state index is 0.0125. The second-order valence-corrected chi connectivity index (χ2v) is 12.9. The van der Waals surface area contributed by atoms with Gasteiger partial charge in [0.05, 0.1) is 18.2 Å². The smallest absolute Gasteiger partial charge is 0.410 e. The van der Waals surface area contributed by atoms with Crippen LogP contribution in [0.15, 0.2) is 36.4 Å². The maximum atomic E-state index is 12.4. The number of ether oxygens (including phenoxy) is 2. The molecular formula is C29H41N5O3. The Balaban J connectivity index is 1.10. The molecular weight excluding hydrogens is 466 g/mol. The van der Waals surface area contributed by atoms with Gasteiger partial charge < -0.3 is 19.3 Å². The lowest BCUT2D eigenvalue weighted by molar-refractivity contribution is -0.0930. The molecule has 3 saturated heterocycles. The summed E-state index contributed by atoms with van der Waals surface area (Å²) in [5, 5.41) is 5.17. The first-order chi connectivity index (χ1) is 17.6. The molecule has 1 atom stereocenters. The van der Waals surface area contributed by atoms with Crippen LogP contribution in [-0.2, 0) is 16.0 Å². The number of anilines is 1. The number of hydrogen-bond acceptors (Lipinski definition) is 6. The van der Waals surface area contributed by atoms with Gasteiger partial charge in [-0.2, -0.15) is 5.10 Å². The Morgan fingerprint density at radius 3 is 2.57 bits per heavy atom. The van der Waals surface area contributed by atoms with Crippen molar-refractivity contribution in [1.82, 2.24) is 19.6 Å². The third-order valence-corrected chi connectivity index (χ3v) is 8.64. The van der Waals surface area contributed by atoms with E-state index < -0.39 is 5.60 Å². The molecule has 2 aromatic rings. The third kappa shape index (κ3) is 4.74. The number of likely N-dealkylation sites (tertiary alicyclic amines) is 1. The summed E-state index contributed by atoms with van der Waals surface area (Å²) in [4.78, 5) is 19.3. The lowest BCUT2D eigenvalue weighted by Crippen LogP contribution is -2.64. The van der Waals surface area contributed by atoms with Crippen LogP contribution < -0.4 is 4.90 Å². The molecule has 2 spiro atoms. The van der Waals surface area contributed by atoms with E-state index in [4.69, 9.17) is 14.6 Å². The van der Waals surface area contributed by atoms with Gasteiger partial charge in [-0.1, -0.05) is 30.3 Å². The normalized spacial score (nSPS) is 25.9. The van der Waals surface area contributed by atoms with Crippen molar-refractivity contribution in [2.75, 3.05) is 50.8 Å². The fraction of sp³-hybridized carbons (Fsp3) is 0.655. The number of amides is 1. The van der Waals surface area contributed by atoms with Crippen LogP contribution in [-0.4, -0.2) is 82.8 Å². The van der Waals surface area contributed by atoms with Gasteiger partial charge in [-0.15, -0.1) is 0 Å². The molecule has 1 aromatic heterocycles. The van der Waals surface area contributed by atoms with Crippen molar-refractivity contribution in [2.45, 2.75) is 70.7 Å². The predicted molar refractivity (Wildman–Crippen MR) is 143 cm³/mol. The van der Waals surface area contributed by atoms with Crippen LogP contribution in [0, 0.1) is 12.3 Å². The number of rotatable bonds is 4. The monoisotopic (exact) mass is 507 g/mol. The average molecular weight is 508 g/mol. The fourth-order valence-corrected chi connectivity index (χ4v) is 6.89. The van der Waals surface area contributed by atoms with Crippen LogP contribution in [0.25, 0.3) is 0 Å². The lowest BCUT2D eigenvalue weighted by atomic mass is 9.61. The molecule has 1 aliphatic carbocycles. The van der Waals surface area contributed by atoms with Crippen molar-refractivity contribution in [2.24, 2.45) is 5.41 Å². The molecule has 6 rings (SSSR count). The van der Waals surface area contributed by atoms with Crippen LogP contribution >= 0.6 is 0 Å². The molecule has 37 heavy (non-hydrogen) atoms. The molecule has 0 N–H and O–H groups in total. The number of hydrogen-bond donors (Lipinski definition) is 0. The molecule has 0 bridgehead atoms. The highest BCUT2D eigenvalue weighted by molar-refractivity contribution is 5.69. The zero-order chi connectivity index (χ0) is 25.8. The van der Waals surface area contributed by atoms with Crippen LogP contribution in [0.5, 0.6) is 0 Å². The summed E-state index contributed by atoms with van der Waals surface area (Å²) in [5.41, 5.74) is 2.37. The molecule has 4 fully saturated rings. The lowest BCUT2D eigenvalue weighted by Gasteiger charge is -2.58. The van der Waals surface area contributed by atoms with Gasteiger partial charge in [0.15, 0.2) is 5.82 Å². The van der Waals surface area contributed by atoms with Crippen molar-refractivity contribution in [1.29, 1.82) is 0 Å². The standard InChI is InChI=1S/C29H41N5O3/c1-22-14-25(30-34(22)24-15-28(16-24)18-32(19-28)26(35)37-27(2,3)4)33-12-11-31(17-23-8-6-5-7-9-23)20-29(33)10-13-36-21-29/h5-9,14,24H,10-13,15-21H2,1-4H3. The minimum Gasteiger partial charge on any atom is -0.444 e. The maximum Gasteiger partial charge on any atom is 0.410 e. The van der Waals surface area contributed by atoms with E-state index in [1.54, 1.807) is 0 Å². The van der Waals surface area contributed by atoms with E-state index in [-0.39, 0.29) is 17.0 Å². The first-order valence-corrected chi connectivity index (χ1v) is 13.8. The Bertz CT molecular complexity index is 1120. The molecule has 1 aromatic carbocycles. The summed E-state index contributed by atoms with van der Waals surface area (Å²) in [5.74, 6) is 1.09. The summed E-state index contributed by atoms with van der Waals surface area (Å²) in [6, 6.07) is 13.4. The number of aromatic nitrogens is 2. The Labute approximate surface area is 220 Å². The summed E-state index contributed by atoms with van der Waals surface area (Å²) in [6.07, 6.45) is 3.01. The van der Waals surface area contributed by atoms with Gasteiger partial charge in [0, 0.05) is 63.1 Å². The summed E-state index contributed by atoms with van der Waals surface area (Å²) < 4.78 is 13.8. The molecule has 1 unspecified atom stereocenters. The zero-order valence-electron chi connectivity index (χ0n) is 22.8. The highest BCUT2D eigenvalue weighted by atomic mass is 16.6. The number of carbonyl (C=O) groups excluding carboxylic acids is 1. The van der Waals surface area contributed by atoms with E-state index in [0.717, 1.165) is 77.6 Å². The molecule has 200 valence electrons. The molecule has 4 aliphatic rings. The number of carbonyl (C=O) groups is 1. The van der Waals surface area contributed by atoms with Crippen LogP contribution in [0.2, 0.25) is 0 Å². The van der Waals surface area contributed by atoms with Gasteiger partial charge in [-0.3, -0.25) is 9.58 Å². The summed E-state index contributed by atoms with van der Waals surface area (Å²) >= 11 is 0. The molecule has 3 aliphatic heterocycles. The number of piperazine rings is 1. The molecule has 8 nitrogen and oxygen atoms in total. The molecule has 1 saturated carbocycles. The van der Waals surface area contributed by atoms with Crippen molar-refractivity contribution in [3.8, 4) is 0 Å². The molecule has 4 heterocycles. The molecule has 0 radical (unpaired) electrons. The fourth-order valence-electron chi connectivity index (χ4n) is 6.89. The molecule has 8 heteroatoms. The highest BCUT2D eigenvalue weighted by Crippen LogP contribution is 2.54. The van der Waals surface area contributed by atoms with E-state index in [1.807, 2.05) is 25.7 Å². The SMILES string of the molecule is Cc1cc(N2CCN(Cc3ccccc3)CC23CCOC3)nn1C1CC2(C1)CN(C(=O)OC(C)(C)C)C2. The van der Waals surface area contributed by atoms with E-state index in [9.17, 15) is 4.79 Å². The Kier molecular flexibility index (Phi) is 6.03. The highest BCUT2D eigenvalue weighted by Gasteiger charge is 2.55. The number of benzene rings is 1. The van der Waals surface area contributed by atoms with Gasteiger partial charge in [0.2, 0.25) is 0 Å². The van der Waals surface area contributed by atoms with Crippen molar-refractivity contribution in [3.05, 3.63) is 47.7 Å². The quantitative estimate of drug-likeness (QED) is 0.617. The van der Waals surface area contributed by atoms with Crippen LogP contribution in [0.3, 0.4) is 0 Å². The largest absolute Gasteiger partial charge is 0.444 e. The average Bonchev–Trinajstić information content (AvgIpc) is 3.39. The van der Waals surface area contributed by atoms with E-state index in [1.165, 1.54) is 11.3 Å². The van der Waals surface area contributed by atoms with Crippen LogP contribution in [0.1, 0.15) is 57.3 Å². The summed E-state index contributed by atoms with van der Waals surface area (Å²) in [6.45, 7) is 15.1. The van der Waals surface area contributed by atoms with Gasteiger partial charge in [-0.05, 0) is 52.5 Å². The molecule has 1 amide bonds. The predicted octanol–water partition coefficient (Wildman–Crippen LogP) is 4.24. The minimum atomic E-state index is -0.445. The van der Waals surface area contributed by atoms with E-state index in [2.05, 4.69) is 57.8 Å². The third-order valence-electron chi connectivity index (χ3n) is 8.64. The van der Waals surface area contributed by atoms with E-state index in [0.29, 0.717) is 6.04 Å². The second-order valence-electron chi connectivity index (χ2n) is 12.9. The zero-order valence-corrected chi connectivity index (χ0v) is 22.8. The topological polar surface area (TPSA) is 63.1 Å². The Morgan fingerprint density at radius 2 is 1.89 bits per heavy atom. The second kappa shape index (κ2) is 9.02. The van der Waals surface area contributed by atoms with Crippen molar-refractivity contribution >= 4 is 11.9 Å². The Morgan fingerprint density at radius 1 is 1.14 bits per heavy atom. The Hall–Kier alpha value is -2.58. The van der Waals surface area contributed by atoms with Crippen LogP contribution in [0.4, 0.5) is 10.6 Å². The number of nitrogens with zero attached hydrogens (tertiary/aromatic N) is 5.